The molecule has 0 aliphatic carbocycles. The standard InChI is InChI=1S/C16H21N3O4.ClH/c1-2-23-15-6-3-10(7-14(15)19(21)22)16(20)18-13-8-11-4-5-12(9-13)17-11;/h3,6-7,11-13,17H,2,4-5,8-9H2,1H3,(H,18,20);1H. The second-order valence-corrected chi connectivity index (χ2v) is 6.15. The van der Waals surface area contributed by atoms with Gasteiger partial charge in [0.1, 0.15) is 0 Å². The highest BCUT2D eigenvalue weighted by molar-refractivity contribution is 5.95. The lowest BCUT2D eigenvalue weighted by Crippen LogP contribution is -2.48. The summed E-state index contributed by atoms with van der Waals surface area (Å²) in [7, 11) is 0. The molecular formula is C16H22ClN3O4. The van der Waals surface area contributed by atoms with Crippen LogP contribution in [0, 0.1) is 10.1 Å². The maximum Gasteiger partial charge on any atom is 0.311 e. The molecule has 24 heavy (non-hydrogen) atoms. The van der Waals surface area contributed by atoms with Crippen LogP contribution >= 0.6 is 12.4 Å². The zero-order valence-electron chi connectivity index (χ0n) is 13.5. The van der Waals surface area contributed by atoms with Crippen LogP contribution in [-0.2, 0) is 0 Å². The smallest absolute Gasteiger partial charge is 0.311 e. The van der Waals surface area contributed by atoms with Gasteiger partial charge in [-0.3, -0.25) is 14.9 Å². The van der Waals surface area contributed by atoms with Crippen LogP contribution in [0.1, 0.15) is 43.0 Å². The van der Waals surface area contributed by atoms with Gasteiger partial charge in [0.15, 0.2) is 5.75 Å². The molecule has 0 aromatic heterocycles. The van der Waals surface area contributed by atoms with Gasteiger partial charge in [-0.1, -0.05) is 0 Å². The van der Waals surface area contributed by atoms with E-state index in [1.807, 2.05) is 0 Å². The van der Waals surface area contributed by atoms with Gasteiger partial charge in [-0.15, -0.1) is 12.4 Å². The number of halogens is 1. The molecule has 2 aliphatic heterocycles. The van der Waals surface area contributed by atoms with Gasteiger partial charge in [0.2, 0.25) is 0 Å². The molecule has 2 bridgehead atoms. The van der Waals surface area contributed by atoms with Gasteiger partial charge >= 0.3 is 5.69 Å². The first-order chi connectivity index (χ1) is 11.1. The molecule has 2 atom stereocenters. The quantitative estimate of drug-likeness (QED) is 0.625. The van der Waals surface area contributed by atoms with Crippen LogP contribution in [-0.4, -0.2) is 35.6 Å². The molecule has 2 saturated heterocycles. The first kappa shape index (κ1) is 18.5. The third kappa shape index (κ3) is 3.96. The van der Waals surface area contributed by atoms with Gasteiger partial charge in [-0.2, -0.15) is 0 Å². The fourth-order valence-electron chi connectivity index (χ4n) is 3.52. The lowest BCUT2D eigenvalue weighted by molar-refractivity contribution is -0.385. The van der Waals surface area contributed by atoms with E-state index in [4.69, 9.17) is 4.74 Å². The molecule has 3 rings (SSSR count). The van der Waals surface area contributed by atoms with Crippen LogP contribution in [0.15, 0.2) is 18.2 Å². The molecule has 2 fully saturated rings. The van der Waals surface area contributed by atoms with E-state index < -0.39 is 4.92 Å². The Balaban J connectivity index is 0.00000208. The molecular weight excluding hydrogens is 334 g/mol. The predicted molar refractivity (Wildman–Crippen MR) is 91.9 cm³/mol. The lowest BCUT2D eigenvalue weighted by Gasteiger charge is -2.29. The number of hydrogen-bond acceptors (Lipinski definition) is 5. The Labute approximate surface area is 146 Å². The Morgan fingerprint density at radius 2 is 2.04 bits per heavy atom. The lowest BCUT2D eigenvalue weighted by atomic mass is 9.99. The molecule has 2 heterocycles. The molecule has 7 nitrogen and oxygen atoms in total. The van der Waals surface area contributed by atoms with Crippen LogP contribution in [0.5, 0.6) is 5.75 Å². The summed E-state index contributed by atoms with van der Waals surface area (Å²) in [6.07, 6.45) is 4.15. The summed E-state index contributed by atoms with van der Waals surface area (Å²) < 4.78 is 5.24. The molecule has 8 heteroatoms. The van der Waals surface area contributed by atoms with Gasteiger partial charge in [-0.05, 0) is 44.7 Å². The number of carbonyl (C=O) groups excluding carboxylic acids is 1. The van der Waals surface area contributed by atoms with Gasteiger partial charge in [0.05, 0.1) is 11.5 Å². The Hall–Kier alpha value is -1.86. The normalized spacial score (nSPS) is 24.8. The monoisotopic (exact) mass is 355 g/mol. The number of nitrogens with one attached hydrogen (secondary N) is 2. The predicted octanol–water partition coefficient (Wildman–Crippen LogP) is 2.43. The molecule has 0 spiro atoms. The van der Waals surface area contributed by atoms with E-state index in [9.17, 15) is 14.9 Å². The van der Waals surface area contributed by atoms with E-state index in [1.165, 1.54) is 12.1 Å². The van der Waals surface area contributed by atoms with Crippen LogP contribution in [0.3, 0.4) is 0 Å². The minimum atomic E-state index is -0.521. The summed E-state index contributed by atoms with van der Waals surface area (Å²) in [5.74, 6) is -0.0728. The van der Waals surface area contributed by atoms with Crippen molar-refractivity contribution >= 4 is 24.0 Å². The topological polar surface area (TPSA) is 93.5 Å². The highest BCUT2D eigenvalue weighted by Gasteiger charge is 2.34. The van der Waals surface area contributed by atoms with Gasteiger partial charge in [0.25, 0.3) is 5.91 Å². The number of rotatable bonds is 5. The molecule has 0 radical (unpaired) electrons. The number of nitrogens with zero attached hydrogens (tertiary/aromatic N) is 1. The Kier molecular flexibility index (Phi) is 6.01. The zero-order chi connectivity index (χ0) is 16.4. The van der Waals surface area contributed by atoms with Crippen LogP contribution in [0.4, 0.5) is 5.69 Å². The van der Waals surface area contributed by atoms with Crippen molar-refractivity contribution in [3.8, 4) is 5.75 Å². The Morgan fingerprint density at radius 1 is 1.38 bits per heavy atom. The zero-order valence-corrected chi connectivity index (χ0v) is 14.3. The summed E-state index contributed by atoms with van der Waals surface area (Å²) in [4.78, 5) is 23.0. The Morgan fingerprint density at radius 3 is 2.62 bits per heavy atom. The van der Waals surface area contributed by atoms with Crippen molar-refractivity contribution < 1.29 is 14.5 Å². The van der Waals surface area contributed by atoms with E-state index in [2.05, 4.69) is 10.6 Å². The molecule has 132 valence electrons. The van der Waals surface area contributed by atoms with Crippen molar-refractivity contribution in [3.63, 3.8) is 0 Å². The SMILES string of the molecule is CCOc1ccc(C(=O)NC2CC3CCC(C2)N3)cc1[N+](=O)[O-].Cl. The van der Waals surface area contributed by atoms with E-state index in [0.29, 0.717) is 24.3 Å². The maximum atomic E-state index is 12.4. The van der Waals surface area contributed by atoms with E-state index in [0.717, 1.165) is 25.7 Å². The maximum absolute atomic E-state index is 12.4. The third-order valence-corrected chi connectivity index (χ3v) is 4.53. The van der Waals surface area contributed by atoms with Crippen molar-refractivity contribution in [1.82, 2.24) is 10.6 Å². The number of benzene rings is 1. The molecule has 1 amide bonds. The van der Waals surface area contributed by atoms with E-state index >= 15 is 0 Å². The van der Waals surface area contributed by atoms with E-state index in [-0.39, 0.29) is 35.8 Å². The number of carbonyl (C=O) groups is 1. The van der Waals surface area contributed by atoms with Crippen molar-refractivity contribution in [3.05, 3.63) is 33.9 Å². The highest BCUT2D eigenvalue weighted by Crippen LogP contribution is 2.29. The number of ether oxygens (including phenoxy) is 1. The van der Waals surface area contributed by atoms with Crippen molar-refractivity contribution in [2.75, 3.05) is 6.61 Å². The van der Waals surface area contributed by atoms with Gasteiger partial charge in [0, 0.05) is 29.8 Å². The summed E-state index contributed by atoms with van der Waals surface area (Å²) in [6, 6.07) is 5.44. The second-order valence-electron chi connectivity index (χ2n) is 6.15. The number of nitro groups is 1. The molecule has 2 aliphatic rings. The van der Waals surface area contributed by atoms with Gasteiger partial charge in [-0.25, -0.2) is 0 Å². The largest absolute Gasteiger partial charge is 0.487 e. The van der Waals surface area contributed by atoms with Crippen LogP contribution in [0.2, 0.25) is 0 Å². The minimum absolute atomic E-state index is 0. The van der Waals surface area contributed by atoms with Crippen molar-refractivity contribution in [1.29, 1.82) is 0 Å². The number of nitro benzene ring substituents is 1. The number of piperidine rings is 1. The first-order valence-electron chi connectivity index (χ1n) is 8.05. The fraction of sp³-hybridized carbons (Fsp3) is 0.562. The highest BCUT2D eigenvalue weighted by atomic mass is 35.5. The molecule has 2 N–H and O–H groups in total. The van der Waals surface area contributed by atoms with Crippen molar-refractivity contribution in [2.45, 2.75) is 50.7 Å². The molecule has 1 aromatic rings. The number of fused-ring (bicyclic) bond motifs is 2. The summed E-state index contributed by atoms with van der Waals surface area (Å²) in [5.41, 5.74) is 0.121. The van der Waals surface area contributed by atoms with Crippen LogP contribution < -0.4 is 15.4 Å². The first-order valence-corrected chi connectivity index (χ1v) is 8.05. The summed E-state index contributed by atoms with van der Waals surface area (Å²) in [5, 5.41) is 17.7. The number of hydrogen-bond donors (Lipinski definition) is 2. The Bertz CT molecular complexity index is 613. The van der Waals surface area contributed by atoms with E-state index in [1.54, 1.807) is 13.0 Å². The second kappa shape index (κ2) is 7.81. The average Bonchev–Trinajstić information content (AvgIpc) is 2.86. The van der Waals surface area contributed by atoms with Crippen molar-refractivity contribution in [2.24, 2.45) is 0 Å². The van der Waals surface area contributed by atoms with Gasteiger partial charge < -0.3 is 15.4 Å². The third-order valence-electron chi connectivity index (χ3n) is 4.53. The summed E-state index contributed by atoms with van der Waals surface area (Å²) >= 11 is 0. The molecule has 0 saturated carbocycles. The summed E-state index contributed by atoms with van der Waals surface area (Å²) in [6.45, 7) is 2.10. The number of amides is 1. The average molecular weight is 356 g/mol. The molecule has 1 aromatic carbocycles. The molecule has 2 unspecified atom stereocenters. The minimum Gasteiger partial charge on any atom is -0.487 e. The van der Waals surface area contributed by atoms with Crippen LogP contribution in [0.25, 0.3) is 0 Å². The fourth-order valence-corrected chi connectivity index (χ4v) is 3.52.